The quantitative estimate of drug-likeness (QED) is 0.922. The lowest BCUT2D eigenvalue weighted by Crippen LogP contribution is -2.25. The Morgan fingerprint density at radius 3 is 2.76 bits per heavy atom. The van der Waals surface area contributed by atoms with Gasteiger partial charge in [0, 0.05) is 12.7 Å². The Morgan fingerprint density at radius 2 is 2.14 bits per heavy atom. The molecule has 1 aliphatic heterocycles. The molecule has 0 saturated carbocycles. The summed E-state index contributed by atoms with van der Waals surface area (Å²) in [5, 5.41) is 2.82. The number of aromatic nitrogens is 3. The predicted octanol–water partition coefficient (Wildman–Crippen LogP) is 1.43. The fraction of sp³-hybridized carbons (Fsp3) is 0.333. The van der Waals surface area contributed by atoms with E-state index in [0.717, 1.165) is 25.2 Å². The number of hydrogen-bond acceptors (Lipinski definition) is 5. The molecule has 3 heterocycles. The van der Waals surface area contributed by atoms with Crippen molar-refractivity contribution in [3.8, 4) is 11.4 Å². The molecule has 21 heavy (non-hydrogen) atoms. The van der Waals surface area contributed by atoms with Crippen LogP contribution in [0.5, 0.6) is 0 Å². The van der Waals surface area contributed by atoms with Crippen molar-refractivity contribution < 1.29 is 4.79 Å². The Hall–Kier alpha value is -2.34. The van der Waals surface area contributed by atoms with Gasteiger partial charge in [0.2, 0.25) is 5.91 Å². The average Bonchev–Trinajstić information content (AvgIpc) is 2.96. The number of carbonyl (C=O) groups is 1. The third-order valence-corrected chi connectivity index (χ3v) is 3.59. The van der Waals surface area contributed by atoms with Crippen molar-refractivity contribution in [2.45, 2.75) is 6.42 Å². The second-order valence-corrected chi connectivity index (χ2v) is 5.24. The van der Waals surface area contributed by atoms with E-state index in [1.54, 1.807) is 18.6 Å². The summed E-state index contributed by atoms with van der Waals surface area (Å²) in [6.45, 7) is 1.76. The molecule has 1 amide bonds. The summed E-state index contributed by atoms with van der Waals surface area (Å²) in [7, 11) is 2.02. The number of nitrogens with zero attached hydrogens (tertiary/aromatic N) is 4. The number of carbonyl (C=O) groups excluding carboxylic acids is 1. The van der Waals surface area contributed by atoms with Crippen molar-refractivity contribution >= 4 is 11.7 Å². The summed E-state index contributed by atoms with van der Waals surface area (Å²) in [4.78, 5) is 27.0. The van der Waals surface area contributed by atoms with Crippen molar-refractivity contribution in [3.05, 3.63) is 36.8 Å². The van der Waals surface area contributed by atoms with E-state index in [2.05, 4.69) is 25.2 Å². The van der Waals surface area contributed by atoms with Gasteiger partial charge in [0.1, 0.15) is 5.69 Å². The molecule has 1 fully saturated rings. The molecule has 108 valence electrons. The summed E-state index contributed by atoms with van der Waals surface area (Å²) < 4.78 is 0. The average molecular weight is 283 g/mol. The first-order chi connectivity index (χ1) is 10.2. The molecule has 0 aromatic carbocycles. The Kier molecular flexibility index (Phi) is 3.87. The molecular weight excluding hydrogens is 266 g/mol. The Balaban J connectivity index is 1.66. The predicted molar refractivity (Wildman–Crippen MR) is 79.5 cm³/mol. The third-order valence-electron chi connectivity index (χ3n) is 3.59. The smallest absolute Gasteiger partial charge is 0.230 e. The summed E-state index contributed by atoms with van der Waals surface area (Å²) in [6, 6.07) is 5.62. The van der Waals surface area contributed by atoms with Gasteiger partial charge >= 0.3 is 0 Å². The van der Waals surface area contributed by atoms with Crippen LogP contribution in [0.1, 0.15) is 6.42 Å². The van der Waals surface area contributed by atoms with Crippen molar-refractivity contribution in [2.75, 3.05) is 25.5 Å². The standard InChI is InChI=1S/C15H17N5O/c1-20-7-5-11(10-20)15(21)19-14-9-17-13(8-18-14)12-4-2-3-6-16-12/h2-4,6,8-9,11H,5,7,10H2,1H3,(H,18,19,21). The minimum atomic E-state index is 0.0132. The monoisotopic (exact) mass is 283 g/mol. The van der Waals surface area contributed by atoms with Crippen LogP contribution >= 0.6 is 0 Å². The second kappa shape index (κ2) is 5.97. The van der Waals surface area contributed by atoms with Crippen molar-refractivity contribution in [2.24, 2.45) is 5.92 Å². The van der Waals surface area contributed by atoms with Crippen LogP contribution in [-0.2, 0) is 4.79 Å². The molecular formula is C15H17N5O. The Morgan fingerprint density at radius 1 is 1.24 bits per heavy atom. The summed E-state index contributed by atoms with van der Waals surface area (Å²) >= 11 is 0. The highest BCUT2D eigenvalue weighted by molar-refractivity contribution is 5.91. The maximum atomic E-state index is 12.1. The molecule has 1 N–H and O–H groups in total. The van der Waals surface area contributed by atoms with E-state index in [1.807, 2.05) is 25.2 Å². The number of amides is 1. The lowest BCUT2D eigenvalue weighted by molar-refractivity contribution is -0.119. The first-order valence-electron chi connectivity index (χ1n) is 6.95. The van der Waals surface area contributed by atoms with Crippen molar-refractivity contribution in [3.63, 3.8) is 0 Å². The fourth-order valence-electron chi connectivity index (χ4n) is 2.42. The van der Waals surface area contributed by atoms with Crippen LogP contribution in [0.25, 0.3) is 11.4 Å². The van der Waals surface area contributed by atoms with Gasteiger partial charge in [0.25, 0.3) is 0 Å². The van der Waals surface area contributed by atoms with Crippen molar-refractivity contribution in [1.29, 1.82) is 0 Å². The fourth-order valence-corrected chi connectivity index (χ4v) is 2.42. The van der Waals surface area contributed by atoms with Gasteiger partial charge < -0.3 is 10.2 Å². The van der Waals surface area contributed by atoms with Gasteiger partial charge in [0.05, 0.1) is 24.0 Å². The molecule has 2 aromatic rings. The summed E-state index contributed by atoms with van der Waals surface area (Å²) in [5.41, 5.74) is 1.45. The van der Waals surface area contributed by atoms with E-state index in [1.165, 1.54) is 0 Å². The number of rotatable bonds is 3. The summed E-state index contributed by atoms with van der Waals surface area (Å²) in [6.07, 6.45) is 5.80. The minimum Gasteiger partial charge on any atom is -0.309 e. The zero-order valence-corrected chi connectivity index (χ0v) is 11.9. The largest absolute Gasteiger partial charge is 0.309 e. The van der Waals surface area contributed by atoms with Gasteiger partial charge in [-0.2, -0.15) is 0 Å². The van der Waals surface area contributed by atoms with E-state index in [0.29, 0.717) is 11.5 Å². The van der Waals surface area contributed by atoms with Gasteiger partial charge in [0.15, 0.2) is 5.82 Å². The van der Waals surface area contributed by atoms with Crippen LogP contribution in [0.2, 0.25) is 0 Å². The van der Waals surface area contributed by atoms with Gasteiger partial charge in [-0.1, -0.05) is 6.07 Å². The number of anilines is 1. The molecule has 0 radical (unpaired) electrons. The topological polar surface area (TPSA) is 71.0 Å². The molecule has 1 atom stereocenters. The maximum Gasteiger partial charge on any atom is 0.230 e. The minimum absolute atomic E-state index is 0.0132. The van der Waals surface area contributed by atoms with Crippen LogP contribution in [0.3, 0.4) is 0 Å². The number of likely N-dealkylation sites (tertiary alicyclic amines) is 1. The zero-order chi connectivity index (χ0) is 14.7. The molecule has 1 aliphatic rings. The molecule has 0 spiro atoms. The summed E-state index contributed by atoms with van der Waals surface area (Å²) in [5.74, 6) is 0.528. The van der Waals surface area contributed by atoms with E-state index >= 15 is 0 Å². The first-order valence-corrected chi connectivity index (χ1v) is 6.95. The van der Waals surface area contributed by atoms with Gasteiger partial charge in [-0.25, -0.2) is 9.97 Å². The van der Waals surface area contributed by atoms with Crippen LogP contribution in [0, 0.1) is 5.92 Å². The van der Waals surface area contributed by atoms with E-state index in [-0.39, 0.29) is 11.8 Å². The number of hydrogen-bond donors (Lipinski definition) is 1. The highest BCUT2D eigenvalue weighted by Gasteiger charge is 2.26. The first kappa shape index (κ1) is 13.6. The Bertz CT molecular complexity index is 614. The Labute approximate surface area is 123 Å². The number of pyridine rings is 1. The molecule has 1 saturated heterocycles. The van der Waals surface area contributed by atoms with Crippen LogP contribution in [-0.4, -0.2) is 45.9 Å². The van der Waals surface area contributed by atoms with Gasteiger partial charge in [-0.05, 0) is 32.1 Å². The lowest BCUT2D eigenvalue weighted by Gasteiger charge is -2.10. The van der Waals surface area contributed by atoms with E-state index in [9.17, 15) is 4.79 Å². The molecule has 2 aromatic heterocycles. The van der Waals surface area contributed by atoms with E-state index < -0.39 is 0 Å². The highest BCUT2D eigenvalue weighted by atomic mass is 16.2. The van der Waals surface area contributed by atoms with E-state index in [4.69, 9.17) is 0 Å². The lowest BCUT2D eigenvalue weighted by atomic mass is 10.1. The van der Waals surface area contributed by atoms with Crippen LogP contribution in [0.15, 0.2) is 36.8 Å². The molecule has 1 unspecified atom stereocenters. The number of nitrogens with one attached hydrogen (secondary N) is 1. The molecule has 6 nitrogen and oxygen atoms in total. The molecule has 3 rings (SSSR count). The second-order valence-electron chi connectivity index (χ2n) is 5.24. The molecule has 6 heteroatoms. The van der Waals surface area contributed by atoms with Crippen molar-refractivity contribution in [1.82, 2.24) is 19.9 Å². The maximum absolute atomic E-state index is 12.1. The van der Waals surface area contributed by atoms with Gasteiger partial charge in [-0.15, -0.1) is 0 Å². The van der Waals surface area contributed by atoms with Crippen LogP contribution < -0.4 is 5.32 Å². The normalized spacial score (nSPS) is 18.6. The highest BCUT2D eigenvalue weighted by Crippen LogP contribution is 2.17. The SMILES string of the molecule is CN1CCC(C(=O)Nc2cnc(-c3ccccn3)cn2)C1. The molecule has 0 aliphatic carbocycles. The zero-order valence-electron chi connectivity index (χ0n) is 11.9. The van der Waals surface area contributed by atoms with Crippen LogP contribution in [0.4, 0.5) is 5.82 Å². The molecule has 0 bridgehead atoms. The third kappa shape index (κ3) is 3.22. The van der Waals surface area contributed by atoms with Gasteiger partial charge in [-0.3, -0.25) is 9.78 Å².